The fourth-order valence-corrected chi connectivity index (χ4v) is 3.67. The molecular formula is C26H21FN2O. The van der Waals surface area contributed by atoms with Gasteiger partial charge in [0, 0.05) is 22.7 Å². The van der Waals surface area contributed by atoms with Gasteiger partial charge in [-0.2, -0.15) is 0 Å². The number of pyridine rings is 2. The van der Waals surface area contributed by atoms with Gasteiger partial charge in [-0.1, -0.05) is 43.0 Å². The molecular weight excluding hydrogens is 375 g/mol. The quantitative estimate of drug-likeness (QED) is 0.373. The van der Waals surface area contributed by atoms with Crippen molar-refractivity contribution >= 4 is 23.2 Å². The van der Waals surface area contributed by atoms with Crippen LogP contribution in [0.15, 0.2) is 73.4 Å². The Hall–Kier alpha value is -3.79. The van der Waals surface area contributed by atoms with E-state index in [1.165, 1.54) is 6.07 Å². The molecule has 0 saturated carbocycles. The Morgan fingerprint density at radius 3 is 2.53 bits per heavy atom. The molecule has 3 nitrogen and oxygen atoms in total. The van der Waals surface area contributed by atoms with Gasteiger partial charge in [-0.25, -0.2) is 14.4 Å². The predicted molar refractivity (Wildman–Crippen MR) is 122 cm³/mol. The van der Waals surface area contributed by atoms with Gasteiger partial charge in [-0.15, -0.1) is 0 Å². The second-order valence-electron chi connectivity index (χ2n) is 6.76. The summed E-state index contributed by atoms with van der Waals surface area (Å²) in [6.45, 7) is 5.93. The zero-order valence-electron chi connectivity index (χ0n) is 16.9. The Balaban J connectivity index is 2.09. The highest BCUT2D eigenvalue weighted by molar-refractivity contribution is 5.98. The summed E-state index contributed by atoms with van der Waals surface area (Å²) in [4.78, 5) is 9.07. The second kappa shape index (κ2) is 8.29. The lowest BCUT2D eigenvalue weighted by Crippen LogP contribution is -1.97. The monoisotopic (exact) mass is 396 g/mol. The molecule has 0 atom stereocenters. The van der Waals surface area contributed by atoms with E-state index in [0.29, 0.717) is 16.9 Å². The van der Waals surface area contributed by atoms with Crippen LogP contribution < -0.4 is 4.74 Å². The molecule has 148 valence electrons. The molecule has 0 aliphatic rings. The van der Waals surface area contributed by atoms with E-state index in [9.17, 15) is 4.39 Å². The fourth-order valence-electron chi connectivity index (χ4n) is 3.67. The largest absolute Gasteiger partial charge is 0.496 e. The first-order valence-corrected chi connectivity index (χ1v) is 9.65. The van der Waals surface area contributed by atoms with E-state index < -0.39 is 0 Å². The number of rotatable bonds is 5. The van der Waals surface area contributed by atoms with Gasteiger partial charge >= 0.3 is 0 Å². The van der Waals surface area contributed by atoms with Crippen molar-refractivity contribution in [3.63, 3.8) is 0 Å². The molecule has 2 aromatic carbocycles. The number of hydrogen-bond donors (Lipinski definition) is 0. The van der Waals surface area contributed by atoms with Gasteiger partial charge in [-0.05, 0) is 60.0 Å². The molecule has 0 bridgehead atoms. The van der Waals surface area contributed by atoms with Crippen LogP contribution in [0.2, 0.25) is 0 Å². The smallest absolute Gasteiger partial charge is 0.160 e. The average Bonchev–Trinajstić information content (AvgIpc) is 2.78. The van der Waals surface area contributed by atoms with Crippen LogP contribution in [0.4, 0.5) is 4.39 Å². The number of allylic oxidation sites excluding steroid dienone is 1. The van der Waals surface area contributed by atoms with E-state index in [4.69, 9.17) is 4.74 Å². The third-order valence-electron chi connectivity index (χ3n) is 5.03. The summed E-state index contributed by atoms with van der Waals surface area (Å²) in [5.74, 6) is 0.425. The second-order valence-corrected chi connectivity index (χ2v) is 6.76. The summed E-state index contributed by atoms with van der Waals surface area (Å²) in [7, 11) is 1.64. The molecule has 4 rings (SSSR count). The van der Waals surface area contributed by atoms with Gasteiger partial charge in [0.2, 0.25) is 0 Å². The van der Waals surface area contributed by atoms with Crippen LogP contribution >= 0.6 is 0 Å². The van der Waals surface area contributed by atoms with E-state index in [1.807, 2.05) is 49.4 Å². The van der Waals surface area contributed by atoms with Crippen molar-refractivity contribution in [1.29, 1.82) is 0 Å². The van der Waals surface area contributed by atoms with Gasteiger partial charge in [0.1, 0.15) is 11.6 Å². The van der Waals surface area contributed by atoms with E-state index in [1.54, 1.807) is 37.6 Å². The Labute approximate surface area is 175 Å². The summed E-state index contributed by atoms with van der Waals surface area (Å²) in [6, 6.07) is 16.3. The van der Waals surface area contributed by atoms with Gasteiger partial charge in [0.25, 0.3) is 0 Å². The molecule has 0 saturated heterocycles. The fraction of sp³-hybridized carbons (Fsp3) is 0.0769. The molecule has 0 amide bonds. The molecule has 4 aromatic rings. The van der Waals surface area contributed by atoms with E-state index in [0.717, 1.165) is 33.4 Å². The summed E-state index contributed by atoms with van der Waals surface area (Å²) >= 11 is 0. The maximum Gasteiger partial charge on any atom is 0.160 e. The van der Waals surface area contributed by atoms with Gasteiger partial charge in [0.15, 0.2) is 5.65 Å². The number of halogens is 1. The molecule has 2 heterocycles. The van der Waals surface area contributed by atoms with Crippen LogP contribution in [-0.4, -0.2) is 17.1 Å². The number of benzene rings is 2. The topological polar surface area (TPSA) is 35.0 Å². The predicted octanol–water partition coefficient (Wildman–Crippen LogP) is 6.79. The van der Waals surface area contributed by atoms with Crippen LogP contribution in [0.1, 0.15) is 18.1 Å². The Morgan fingerprint density at radius 1 is 0.967 bits per heavy atom. The molecule has 0 aliphatic carbocycles. The minimum atomic E-state index is -0.318. The minimum absolute atomic E-state index is 0.318. The average molecular weight is 396 g/mol. The third-order valence-corrected chi connectivity index (χ3v) is 5.03. The molecule has 0 spiro atoms. The van der Waals surface area contributed by atoms with Crippen LogP contribution in [-0.2, 0) is 0 Å². The van der Waals surface area contributed by atoms with Gasteiger partial charge in [0.05, 0.1) is 12.8 Å². The maximum atomic E-state index is 14.5. The van der Waals surface area contributed by atoms with E-state index in [-0.39, 0.29) is 5.82 Å². The Bertz CT molecular complexity index is 1280. The highest BCUT2D eigenvalue weighted by Crippen LogP contribution is 2.38. The highest BCUT2D eigenvalue weighted by Gasteiger charge is 2.17. The lowest BCUT2D eigenvalue weighted by atomic mass is 9.91. The van der Waals surface area contributed by atoms with Crippen LogP contribution in [0.25, 0.3) is 45.6 Å². The SMILES string of the molecule is C=Cc1c(OC)ccc(-c2cc(-c3ccccc3F)nc3ncccc23)c1/C=C\C. The summed E-state index contributed by atoms with van der Waals surface area (Å²) < 4.78 is 20.1. The van der Waals surface area contributed by atoms with Crippen molar-refractivity contribution in [3.05, 3.63) is 90.4 Å². The van der Waals surface area contributed by atoms with E-state index >= 15 is 0 Å². The molecule has 0 radical (unpaired) electrons. The Kier molecular flexibility index (Phi) is 5.40. The lowest BCUT2D eigenvalue weighted by Gasteiger charge is -2.16. The molecule has 0 fully saturated rings. The molecule has 0 N–H and O–H groups in total. The number of aromatic nitrogens is 2. The molecule has 0 aliphatic heterocycles. The van der Waals surface area contributed by atoms with Crippen molar-refractivity contribution in [2.45, 2.75) is 6.92 Å². The molecule has 2 aromatic heterocycles. The molecule has 0 unspecified atom stereocenters. The van der Waals surface area contributed by atoms with Crippen molar-refractivity contribution < 1.29 is 9.13 Å². The summed E-state index contributed by atoms with van der Waals surface area (Å²) in [6.07, 6.45) is 7.49. The zero-order valence-corrected chi connectivity index (χ0v) is 16.9. The van der Waals surface area contributed by atoms with Crippen molar-refractivity contribution in [2.75, 3.05) is 7.11 Å². The molecule has 30 heavy (non-hydrogen) atoms. The number of fused-ring (bicyclic) bond motifs is 1. The first-order chi connectivity index (χ1) is 14.7. The van der Waals surface area contributed by atoms with Crippen LogP contribution in [0.3, 0.4) is 0 Å². The third kappa shape index (κ3) is 3.37. The van der Waals surface area contributed by atoms with E-state index in [2.05, 4.69) is 16.5 Å². The zero-order chi connectivity index (χ0) is 21.1. The summed E-state index contributed by atoms with van der Waals surface area (Å²) in [5, 5.41) is 0.892. The first kappa shape index (κ1) is 19.5. The normalized spacial score (nSPS) is 11.2. The number of hydrogen-bond acceptors (Lipinski definition) is 3. The molecule has 4 heteroatoms. The Morgan fingerprint density at radius 2 is 1.80 bits per heavy atom. The lowest BCUT2D eigenvalue weighted by molar-refractivity contribution is 0.414. The standard InChI is InChI=1S/C26H21FN2O/c1-4-9-18-17(5-2)25(30-3)14-13-19(18)22-16-24(21-10-6-7-12-23(21)27)29-26-20(22)11-8-15-28-26/h4-16H,2H2,1,3H3/b9-4-. The summed E-state index contributed by atoms with van der Waals surface area (Å²) in [5.41, 5.74) is 5.31. The maximum absolute atomic E-state index is 14.5. The highest BCUT2D eigenvalue weighted by atomic mass is 19.1. The minimum Gasteiger partial charge on any atom is -0.496 e. The first-order valence-electron chi connectivity index (χ1n) is 9.65. The van der Waals surface area contributed by atoms with Crippen molar-refractivity contribution in [3.8, 4) is 28.1 Å². The number of nitrogens with zero attached hydrogens (tertiary/aromatic N) is 2. The van der Waals surface area contributed by atoms with Crippen molar-refractivity contribution in [2.24, 2.45) is 0 Å². The number of methoxy groups -OCH3 is 1. The van der Waals surface area contributed by atoms with Gasteiger partial charge < -0.3 is 4.74 Å². The van der Waals surface area contributed by atoms with Crippen molar-refractivity contribution in [1.82, 2.24) is 9.97 Å². The van der Waals surface area contributed by atoms with Gasteiger partial charge in [-0.3, -0.25) is 0 Å². The number of ether oxygens (including phenoxy) is 1. The van der Waals surface area contributed by atoms with Crippen LogP contribution in [0, 0.1) is 5.82 Å². The van der Waals surface area contributed by atoms with Crippen LogP contribution in [0.5, 0.6) is 5.75 Å².